The maximum Gasteiger partial charge on any atom is 0.238 e. The minimum atomic E-state index is -3.63. The highest BCUT2D eigenvalue weighted by Crippen LogP contribution is 2.23. The summed E-state index contributed by atoms with van der Waals surface area (Å²) in [6, 6.07) is 16.7. The van der Waals surface area contributed by atoms with E-state index in [1.807, 2.05) is 18.2 Å². The molecule has 0 fully saturated rings. The van der Waals surface area contributed by atoms with E-state index < -0.39 is 10.0 Å². The average molecular weight is 304 g/mol. The van der Waals surface area contributed by atoms with Crippen LogP contribution in [0, 0.1) is 0 Å². The Kier molecular flexibility index (Phi) is 4.34. The summed E-state index contributed by atoms with van der Waals surface area (Å²) in [6.45, 7) is 5.06. The normalized spacial score (nSPS) is 12.1. The second kappa shape index (κ2) is 5.87. The quantitative estimate of drug-likeness (QED) is 0.892. The molecule has 3 N–H and O–H groups in total. The molecule has 21 heavy (non-hydrogen) atoms. The molecule has 0 heterocycles. The van der Waals surface area contributed by atoms with Crippen LogP contribution in [-0.2, 0) is 15.4 Å². The minimum absolute atomic E-state index is 0.0279. The fourth-order valence-electron chi connectivity index (χ4n) is 2.08. The van der Waals surface area contributed by atoms with Gasteiger partial charge in [-0.3, -0.25) is 0 Å². The van der Waals surface area contributed by atoms with Crippen LogP contribution in [0.3, 0.4) is 0 Å². The molecule has 2 aromatic carbocycles. The standard InChI is InChI=1S/C16H20N2O2S/c1-16(2,13-6-4-3-5-7-13)12-18-14-8-10-15(11-9-14)21(17,19)20/h3-11,18H,12H2,1-2H3,(H2,17,19,20). The van der Waals surface area contributed by atoms with E-state index in [0.717, 1.165) is 12.2 Å². The SMILES string of the molecule is CC(C)(CNc1ccc(S(N)(=O)=O)cc1)c1ccccc1. The monoisotopic (exact) mass is 304 g/mol. The highest BCUT2D eigenvalue weighted by Gasteiger charge is 2.19. The highest BCUT2D eigenvalue weighted by atomic mass is 32.2. The van der Waals surface area contributed by atoms with Crippen LogP contribution in [0.5, 0.6) is 0 Å². The van der Waals surface area contributed by atoms with Gasteiger partial charge in [-0.15, -0.1) is 0 Å². The van der Waals surface area contributed by atoms with Crippen molar-refractivity contribution in [3.8, 4) is 0 Å². The van der Waals surface area contributed by atoms with Gasteiger partial charge in [0, 0.05) is 17.6 Å². The van der Waals surface area contributed by atoms with Gasteiger partial charge in [0.25, 0.3) is 0 Å². The molecule has 2 rings (SSSR count). The summed E-state index contributed by atoms with van der Waals surface area (Å²) >= 11 is 0. The first-order valence-electron chi connectivity index (χ1n) is 6.71. The summed E-state index contributed by atoms with van der Waals surface area (Å²) in [5.41, 5.74) is 2.09. The first kappa shape index (κ1) is 15.5. The fraction of sp³-hybridized carbons (Fsp3) is 0.250. The summed E-state index contributed by atoms with van der Waals surface area (Å²) in [4.78, 5) is 0.121. The summed E-state index contributed by atoms with van der Waals surface area (Å²) in [6.07, 6.45) is 0. The Morgan fingerprint density at radius 3 is 2.10 bits per heavy atom. The molecule has 0 bridgehead atoms. The number of primary sulfonamides is 1. The summed E-state index contributed by atoms with van der Waals surface area (Å²) in [5, 5.41) is 8.40. The Bertz CT molecular complexity index is 693. The van der Waals surface area contributed by atoms with Crippen molar-refractivity contribution in [1.29, 1.82) is 0 Å². The van der Waals surface area contributed by atoms with Crippen LogP contribution in [0.25, 0.3) is 0 Å². The number of nitrogens with one attached hydrogen (secondary N) is 1. The third-order valence-corrected chi connectivity index (χ3v) is 4.40. The third-order valence-electron chi connectivity index (χ3n) is 3.47. The van der Waals surface area contributed by atoms with Crippen molar-refractivity contribution in [2.24, 2.45) is 5.14 Å². The number of anilines is 1. The van der Waals surface area contributed by atoms with E-state index in [2.05, 4.69) is 31.3 Å². The molecular weight excluding hydrogens is 284 g/mol. The molecule has 0 unspecified atom stereocenters. The van der Waals surface area contributed by atoms with Crippen LogP contribution in [0.2, 0.25) is 0 Å². The molecule has 0 aliphatic heterocycles. The van der Waals surface area contributed by atoms with Gasteiger partial charge in [0.05, 0.1) is 4.90 Å². The van der Waals surface area contributed by atoms with Crippen LogP contribution in [-0.4, -0.2) is 15.0 Å². The summed E-state index contributed by atoms with van der Waals surface area (Å²) in [7, 11) is -3.63. The topological polar surface area (TPSA) is 72.2 Å². The van der Waals surface area contributed by atoms with E-state index in [4.69, 9.17) is 5.14 Å². The number of sulfonamides is 1. The number of benzene rings is 2. The molecule has 0 saturated heterocycles. The van der Waals surface area contributed by atoms with Gasteiger partial charge >= 0.3 is 0 Å². The lowest BCUT2D eigenvalue weighted by Crippen LogP contribution is -2.27. The van der Waals surface area contributed by atoms with Crippen LogP contribution >= 0.6 is 0 Å². The minimum Gasteiger partial charge on any atom is -0.384 e. The number of hydrogen-bond acceptors (Lipinski definition) is 3. The molecule has 112 valence electrons. The largest absolute Gasteiger partial charge is 0.384 e. The van der Waals surface area contributed by atoms with Crippen molar-refractivity contribution in [3.63, 3.8) is 0 Å². The first-order chi connectivity index (χ1) is 9.79. The number of rotatable bonds is 5. The van der Waals surface area contributed by atoms with Crippen LogP contribution in [0.4, 0.5) is 5.69 Å². The van der Waals surface area contributed by atoms with E-state index in [0.29, 0.717) is 0 Å². The zero-order valence-corrected chi connectivity index (χ0v) is 13.0. The fourth-order valence-corrected chi connectivity index (χ4v) is 2.59. The van der Waals surface area contributed by atoms with Gasteiger partial charge < -0.3 is 5.32 Å². The van der Waals surface area contributed by atoms with Gasteiger partial charge in [0.1, 0.15) is 0 Å². The molecular formula is C16H20N2O2S. The first-order valence-corrected chi connectivity index (χ1v) is 8.26. The molecule has 0 atom stereocenters. The van der Waals surface area contributed by atoms with Gasteiger partial charge in [0.15, 0.2) is 0 Å². The lowest BCUT2D eigenvalue weighted by molar-refractivity contribution is 0.557. The predicted octanol–water partition coefficient (Wildman–Crippen LogP) is 2.72. The van der Waals surface area contributed by atoms with E-state index in [1.54, 1.807) is 12.1 Å². The van der Waals surface area contributed by atoms with E-state index in [9.17, 15) is 8.42 Å². The van der Waals surface area contributed by atoms with Gasteiger partial charge in [-0.05, 0) is 29.8 Å². The number of nitrogens with two attached hydrogens (primary N) is 1. The Balaban J connectivity index is 2.06. The second-order valence-corrected chi connectivity index (χ2v) is 7.23. The van der Waals surface area contributed by atoms with Gasteiger partial charge in [-0.1, -0.05) is 44.2 Å². The molecule has 0 aliphatic carbocycles. The molecule has 5 heteroatoms. The molecule has 2 aromatic rings. The van der Waals surface area contributed by atoms with E-state index in [-0.39, 0.29) is 10.3 Å². The zero-order chi connectivity index (χ0) is 15.5. The van der Waals surface area contributed by atoms with Gasteiger partial charge in [-0.25, -0.2) is 13.6 Å². The molecule has 0 saturated carbocycles. The third kappa shape index (κ3) is 4.06. The smallest absolute Gasteiger partial charge is 0.238 e. The summed E-state index contributed by atoms with van der Waals surface area (Å²) < 4.78 is 22.4. The maximum absolute atomic E-state index is 11.2. The lowest BCUT2D eigenvalue weighted by atomic mass is 9.84. The molecule has 0 radical (unpaired) electrons. The highest BCUT2D eigenvalue weighted by molar-refractivity contribution is 7.89. The van der Waals surface area contributed by atoms with Crippen molar-refractivity contribution in [2.75, 3.05) is 11.9 Å². The molecule has 0 spiro atoms. The van der Waals surface area contributed by atoms with Gasteiger partial charge in [-0.2, -0.15) is 0 Å². The average Bonchev–Trinajstić information content (AvgIpc) is 2.46. The van der Waals surface area contributed by atoms with Crippen molar-refractivity contribution in [1.82, 2.24) is 0 Å². The van der Waals surface area contributed by atoms with Crippen LogP contribution in [0.15, 0.2) is 59.5 Å². The second-order valence-electron chi connectivity index (χ2n) is 5.67. The van der Waals surface area contributed by atoms with Crippen molar-refractivity contribution < 1.29 is 8.42 Å². The van der Waals surface area contributed by atoms with Crippen molar-refractivity contribution >= 4 is 15.7 Å². The maximum atomic E-state index is 11.2. The number of hydrogen-bond donors (Lipinski definition) is 2. The Hall–Kier alpha value is -1.85. The molecule has 0 amide bonds. The molecule has 0 aromatic heterocycles. The predicted molar refractivity (Wildman–Crippen MR) is 85.8 cm³/mol. The summed E-state index contributed by atoms with van der Waals surface area (Å²) in [5.74, 6) is 0. The molecule has 4 nitrogen and oxygen atoms in total. The van der Waals surface area contributed by atoms with Crippen LogP contribution in [0.1, 0.15) is 19.4 Å². The Morgan fingerprint density at radius 1 is 1.00 bits per heavy atom. The van der Waals surface area contributed by atoms with Crippen molar-refractivity contribution in [2.45, 2.75) is 24.2 Å². The van der Waals surface area contributed by atoms with Crippen molar-refractivity contribution in [3.05, 3.63) is 60.2 Å². The van der Waals surface area contributed by atoms with Gasteiger partial charge in [0.2, 0.25) is 10.0 Å². The van der Waals surface area contributed by atoms with E-state index in [1.165, 1.54) is 17.7 Å². The Morgan fingerprint density at radius 2 is 1.57 bits per heavy atom. The zero-order valence-electron chi connectivity index (χ0n) is 12.2. The lowest BCUT2D eigenvalue weighted by Gasteiger charge is -2.26. The Labute approximate surface area is 126 Å². The molecule has 0 aliphatic rings. The van der Waals surface area contributed by atoms with E-state index >= 15 is 0 Å². The van der Waals surface area contributed by atoms with Crippen LogP contribution < -0.4 is 10.5 Å².